The Labute approximate surface area is 119 Å². The van der Waals surface area contributed by atoms with Crippen LogP contribution in [0.25, 0.3) is 0 Å². The molecule has 20 heavy (non-hydrogen) atoms. The van der Waals surface area contributed by atoms with Crippen LogP contribution < -0.4 is 11.1 Å². The molecule has 1 amide bonds. The van der Waals surface area contributed by atoms with Gasteiger partial charge in [0.15, 0.2) is 6.10 Å². The molecule has 0 radical (unpaired) electrons. The van der Waals surface area contributed by atoms with Gasteiger partial charge in [0.05, 0.1) is 5.56 Å². The van der Waals surface area contributed by atoms with Crippen molar-refractivity contribution in [3.8, 4) is 0 Å². The normalized spacial score (nSPS) is 12.7. The minimum Gasteiger partial charge on any atom is -0.449 e. The molecular formula is C15H22N2O3. The number of rotatable bonds is 3. The second-order valence-electron chi connectivity index (χ2n) is 5.82. The predicted octanol–water partition coefficient (Wildman–Crippen LogP) is 2.04. The van der Waals surface area contributed by atoms with Gasteiger partial charge < -0.3 is 15.8 Å². The van der Waals surface area contributed by atoms with E-state index in [-0.39, 0.29) is 17.0 Å². The van der Waals surface area contributed by atoms with Crippen molar-refractivity contribution in [2.45, 2.75) is 46.3 Å². The summed E-state index contributed by atoms with van der Waals surface area (Å²) in [7, 11) is 0. The lowest BCUT2D eigenvalue weighted by Crippen LogP contribution is -2.46. The number of hydrogen-bond donors (Lipinski definition) is 2. The Bertz CT molecular complexity index is 518. The van der Waals surface area contributed by atoms with Crippen molar-refractivity contribution in [2.75, 3.05) is 5.73 Å². The van der Waals surface area contributed by atoms with Gasteiger partial charge in [0.25, 0.3) is 5.91 Å². The lowest BCUT2D eigenvalue weighted by Gasteiger charge is -2.23. The molecule has 0 saturated carbocycles. The minimum absolute atomic E-state index is 0.278. The van der Waals surface area contributed by atoms with E-state index in [1.54, 1.807) is 12.1 Å². The molecule has 1 aromatic rings. The molecule has 0 fully saturated rings. The molecule has 0 aliphatic heterocycles. The third-order valence-electron chi connectivity index (χ3n) is 2.70. The zero-order valence-corrected chi connectivity index (χ0v) is 12.6. The zero-order valence-electron chi connectivity index (χ0n) is 12.6. The Hall–Kier alpha value is -2.04. The van der Waals surface area contributed by atoms with Gasteiger partial charge in [0.1, 0.15) is 0 Å². The van der Waals surface area contributed by atoms with E-state index in [0.717, 1.165) is 5.56 Å². The van der Waals surface area contributed by atoms with E-state index >= 15 is 0 Å². The van der Waals surface area contributed by atoms with Crippen LogP contribution in [0.15, 0.2) is 18.2 Å². The topological polar surface area (TPSA) is 81.4 Å². The summed E-state index contributed by atoms with van der Waals surface area (Å²) in [5.41, 5.74) is 6.91. The van der Waals surface area contributed by atoms with Crippen molar-refractivity contribution in [1.29, 1.82) is 0 Å². The Morgan fingerprint density at radius 2 is 1.90 bits per heavy atom. The molecule has 5 heteroatoms. The average molecular weight is 278 g/mol. The number of nitrogen functional groups attached to an aromatic ring is 1. The number of esters is 1. The van der Waals surface area contributed by atoms with Crippen molar-refractivity contribution in [1.82, 2.24) is 5.32 Å². The number of nitrogens with two attached hydrogens (primary N) is 1. The summed E-state index contributed by atoms with van der Waals surface area (Å²) in [6, 6.07) is 5.11. The quantitative estimate of drug-likeness (QED) is 0.655. The summed E-state index contributed by atoms with van der Waals surface area (Å²) in [6.07, 6.45) is -0.873. The highest BCUT2D eigenvalue weighted by molar-refractivity contribution is 5.97. The van der Waals surface area contributed by atoms with Crippen LogP contribution in [0.4, 0.5) is 5.69 Å². The summed E-state index contributed by atoms with van der Waals surface area (Å²) in [5.74, 6) is -0.931. The molecule has 0 aliphatic carbocycles. The summed E-state index contributed by atoms with van der Waals surface area (Å²) < 4.78 is 5.15. The molecule has 0 spiro atoms. The first-order valence-corrected chi connectivity index (χ1v) is 6.50. The first kappa shape index (κ1) is 16.0. The summed E-state index contributed by atoms with van der Waals surface area (Å²) in [5, 5.41) is 2.75. The van der Waals surface area contributed by atoms with Gasteiger partial charge in [-0.2, -0.15) is 0 Å². The molecule has 1 atom stereocenters. The van der Waals surface area contributed by atoms with Gasteiger partial charge in [-0.3, -0.25) is 4.79 Å². The van der Waals surface area contributed by atoms with Crippen LogP contribution in [0.5, 0.6) is 0 Å². The molecule has 0 unspecified atom stereocenters. The van der Waals surface area contributed by atoms with Crippen LogP contribution in [0, 0.1) is 6.92 Å². The molecule has 3 N–H and O–H groups in total. The Morgan fingerprint density at radius 3 is 2.45 bits per heavy atom. The van der Waals surface area contributed by atoms with E-state index in [0.29, 0.717) is 5.69 Å². The maximum absolute atomic E-state index is 12.0. The van der Waals surface area contributed by atoms with Crippen LogP contribution >= 0.6 is 0 Å². The molecule has 0 heterocycles. The van der Waals surface area contributed by atoms with Gasteiger partial charge in [-0.25, -0.2) is 4.79 Å². The molecule has 1 aromatic carbocycles. The molecule has 110 valence electrons. The van der Waals surface area contributed by atoms with Crippen molar-refractivity contribution in [2.24, 2.45) is 0 Å². The predicted molar refractivity (Wildman–Crippen MR) is 78.4 cm³/mol. The highest BCUT2D eigenvalue weighted by Crippen LogP contribution is 2.18. The van der Waals surface area contributed by atoms with Gasteiger partial charge >= 0.3 is 5.97 Å². The summed E-state index contributed by atoms with van der Waals surface area (Å²) in [6.45, 7) is 8.92. The SMILES string of the molecule is Cc1cccc(C(=O)O[C@@H](C)C(=O)NC(C)(C)C)c1N. The Balaban J connectivity index is 2.76. The van der Waals surface area contributed by atoms with Crippen LogP contribution in [0.3, 0.4) is 0 Å². The number of nitrogens with one attached hydrogen (secondary N) is 1. The fourth-order valence-corrected chi connectivity index (χ4v) is 1.61. The van der Waals surface area contributed by atoms with Gasteiger partial charge in [0, 0.05) is 11.2 Å². The van der Waals surface area contributed by atoms with Gasteiger partial charge in [-0.15, -0.1) is 0 Å². The van der Waals surface area contributed by atoms with E-state index in [1.165, 1.54) is 6.92 Å². The average Bonchev–Trinajstić information content (AvgIpc) is 2.30. The lowest BCUT2D eigenvalue weighted by atomic mass is 10.1. The number of carbonyl (C=O) groups is 2. The van der Waals surface area contributed by atoms with Crippen LogP contribution in [-0.4, -0.2) is 23.5 Å². The first-order chi connectivity index (χ1) is 9.11. The molecule has 0 saturated heterocycles. The smallest absolute Gasteiger partial charge is 0.341 e. The fourth-order valence-electron chi connectivity index (χ4n) is 1.61. The van der Waals surface area contributed by atoms with Gasteiger partial charge in [-0.05, 0) is 46.2 Å². The van der Waals surface area contributed by atoms with Gasteiger partial charge in [0.2, 0.25) is 0 Å². The third kappa shape index (κ3) is 4.26. The number of amides is 1. The van der Waals surface area contributed by atoms with E-state index in [9.17, 15) is 9.59 Å². The number of para-hydroxylation sites is 1. The molecule has 0 aromatic heterocycles. The summed E-state index contributed by atoms with van der Waals surface area (Å²) >= 11 is 0. The monoisotopic (exact) mass is 278 g/mol. The second kappa shape index (κ2) is 5.94. The fraction of sp³-hybridized carbons (Fsp3) is 0.467. The van der Waals surface area contributed by atoms with Crippen molar-refractivity contribution >= 4 is 17.6 Å². The third-order valence-corrected chi connectivity index (χ3v) is 2.70. The standard InChI is InChI=1S/C15H22N2O3/c1-9-7-6-8-11(12(9)16)14(19)20-10(2)13(18)17-15(3,4)5/h6-8,10H,16H2,1-5H3,(H,17,18)/t10-/m0/s1. The minimum atomic E-state index is -0.873. The van der Waals surface area contributed by atoms with Crippen LogP contribution in [-0.2, 0) is 9.53 Å². The first-order valence-electron chi connectivity index (χ1n) is 6.50. The van der Waals surface area contributed by atoms with Crippen LogP contribution in [0.1, 0.15) is 43.6 Å². The van der Waals surface area contributed by atoms with E-state index in [2.05, 4.69) is 5.32 Å². The number of aryl methyl sites for hydroxylation is 1. The molecule has 0 aliphatic rings. The van der Waals surface area contributed by atoms with Crippen molar-refractivity contribution in [3.63, 3.8) is 0 Å². The number of anilines is 1. The van der Waals surface area contributed by atoms with Crippen molar-refractivity contribution in [3.05, 3.63) is 29.3 Å². The molecule has 5 nitrogen and oxygen atoms in total. The highest BCUT2D eigenvalue weighted by atomic mass is 16.5. The van der Waals surface area contributed by atoms with E-state index in [4.69, 9.17) is 10.5 Å². The Kier molecular flexibility index (Phi) is 4.76. The molecular weight excluding hydrogens is 256 g/mol. The highest BCUT2D eigenvalue weighted by Gasteiger charge is 2.23. The zero-order chi connectivity index (χ0) is 15.5. The maximum atomic E-state index is 12.0. The number of benzene rings is 1. The van der Waals surface area contributed by atoms with Gasteiger partial charge in [-0.1, -0.05) is 12.1 Å². The molecule has 0 bridgehead atoms. The van der Waals surface area contributed by atoms with Crippen LogP contribution in [0.2, 0.25) is 0 Å². The number of ether oxygens (including phenoxy) is 1. The summed E-state index contributed by atoms with van der Waals surface area (Å²) in [4.78, 5) is 23.9. The van der Waals surface area contributed by atoms with Crippen molar-refractivity contribution < 1.29 is 14.3 Å². The maximum Gasteiger partial charge on any atom is 0.341 e. The largest absolute Gasteiger partial charge is 0.449 e. The molecule has 1 rings (SSSR count). The van der Waals surface area contributed by atoms with E-state index in [1.807, 2.05) is 33.8 Å². The second-order valence-corrected chi connectivity index (χ2v) is 5.82. The number of hydrogen-bond acceptors (Lipinski definition) is 4. The van der Waals surface area contributed by atoms with E-state index < -0.39 is 12.1 Å². The lowest BCUT2D eigenvalue weighted by molar-refractivity contribution is -0.130. The Morgan fingerprint density at radius 1 is 1.30 bits per heavy atom. The number of carbonyl (C=O) groups excluding carboxylic acids is 2.